The molecule has 0 aromatic carbocycles. The van der Waals surface area contributed by atoms with Gasteiger partial charge in [-0.3, -0.25) is 4.79 Å². The summed E-state index contributed by atoms with van der Waals surface area (Å²) >= 11 is 0. The molecule has 0 atom stereocenters. The number of anilines is 1. The topological polar surface area (TPSA) is 47.4 Å². The molecule has 0 N–H and O–H groups in total. The first-order valence-corrected chi connectivity index (χ1v) is 5.53. The number of hydrogen-bond acceptors (Lipinski definition) is 4. The highest BCUT2D eigenvalue weighted by molar-refractivity contribution is 5.33. The molecule has 1 saturated heterocycles. The lowest BCUT2D eigenvalue weighted by Gasteiger charge is -2.24. The number of nitrogens with zero attached hydrogens (tertiary/aromatic N) is 3. The van der Waals surface area contributed by atoms with Gasteiger partial charge in [0.05, 0.1) is 6.04 Å². The smallest absolute Gasteiger partial charge is 0.267 e. The summed E-state index contributed by atoms with van der Waals surface area (Å²) in [6, 6.07) is 3.51. The largest absolute Gasteiger partial charge is 0.381 e. The monoisotopic (exact) mass is 223 g/mol. The molecule has 2 heterocycles. The van der Waals surface area contributed by atoms with Crippen LogP contribution in [-0.2, 0) is 4.74 Å². The zero-order valence-corrected chi connectivity index (χ0v) is 9.72. The Morgan fingerprint density at radius 2 is 2.06 bits per heavy atom. The molecule has 1 aromatic rings. The first kappa shape index (κ1) is 11.1. The highest BCUT2D eigenvalue weighted by Gasteiger charge is 2.18. The predicted molar refractivity (Wildman–Crippen MR) is 61.9 cm³/mol. The Kier molecular flexibility index (Phi) is 3.24. The SMILES string of the molecule is CN(C)c1ccc(=O)n(C2CCOCC2)n1. The van der Waals surface area contributed by atoms with E-state index in [4.69, 9.17) is 4.74 Å². The average molecular weight is 223 g/mol. The van der Waals surface area contributed by atoms with Crippen molar-refractivity contribution in [3.05, 3.63) is 22.5 Å². The molecule has 0 bridgehead atoms. The summed E-state index contributed by atoms with van der Waals surface area (Å²) < 4.78 is 6.88. The number of ether oxygens (including phenoxy) is 1. The van der Waals surface area contributed by atoms with Crippen LogP contribution in [0.2, 0.25) is 0 Å². The van der Waals surface area contributed by atoms with Crippen LogP contribution in [0, 0.1) is 0 Å². The second-order valence-corrected chi connectivity index (χ2v) is 4.21. The average Bonchev–Trinajstić information content (AvgIpc) is 2.30. The fourth-order valence-corrected chi connectivity index (χ4v) is 1.85. The van der Waals surface area contributed by atoms with Crippen LogP contribution in [0.4, 0.5) is 5.82 Å². The summed E-state index contributed by atoms with van der Waals surface area (Å²) in [4.78, 5) is 13.6. The second kappa shape index (κ2) is 4.65. The van der Waals surface area contributed by atoms with Gasteiger partial charge in [0.2, 0.25) is 0 Å². The summed E-state index contributed by atoms with van der Waals surface area (Å²) in [7, 11) is 3.84. The molecule has 0 amide bonds. The van der Waals surface area contributed by atoms with Crippen molar-refractivity contribution >= 4 is 5.82 Å². The van der Waals surface area contributed by atoms with Gasteiger partial charge >= 0.3 is 0 Å². The van der Waals surface area contributed by atoms with E-state index in [-0.39, 0.29) is 11.6 Å². The van der Waals surface area contributed by atoms with Gasteiger partial charge in [0.1, 0.15) is 5.82 Å². The second-order valence-electron chi connectivity index (χ2n) is 4.21. The molecule has 0 aliphatic carbocycles. The molecular formula is C11H17N3O2. The van der Waals surface area contributed by atoms with Crippen molar-refractivity contribution in [3.8, 4) is 0 Å². The molecule has 0 radical (unpaired) electrons. The van der Waals surface area contributed by atoms with E-state index in [0.29, 0.717) is 13.2 Å². The standard InChI is InChI=1S/C11H17N3O2/c1-13(2)10-3-4-11(15)14(12-10)9-5-7-16-8-6-9/h3-4,9H,5-8H2,1-2H3. The van der Waals surface area contributed by atoms with E-state index in [1.54, 1.807) is 16.8 Å². The fraction of sp³-hybridized carbons (Fsp3) is 0.636. The molecule has 2 rings (SSSR count). The maximum atomic E-state index is 11.7. The molecule has 1 aliphatic heterocycles. The third-order valence-corrected chi connectivity index (χ3v) is 2.81. The molecular weight excluding hydrogens is 206 g/mol. The van der Waals surface area contributed by atoms with Gasteiger partial charge in [-0.15, -0.1) is 0 Å². The Hall–Kier alpha value is -1.36. The van der Waals surface area contributed by atoms with E-state index in [0.717, 1.165) is 18.7 Å². The van der Waals surface area contributed by atoms with E-state index in [1.807, 2.05) is 19.0 Å². The minimum atomic E-state index is -0.0301. The third-order valence-electron chi connectivity index (χ3n) is 2.81. The molecule has 5 nitrogen and oxygen atoms in total. The lowest BCUT2D eigenvalue weighted by Crippen LogP contribution is -2.31. The molecule has 0 spiro atoms. The van der Waals surface area contributed by atoms with Crippen LogP contribution in [0.3, 0.4) is 0 Å². The van der Waals surface area contributed by atoms with Gasteiger partial charge < -0.3 is 9.64 Å². The Morgan fingerprint density at radius 1 is 1.38 bits per heavy atom. The van der Waals surface area contributed by atoms with Crippen molar-refractivity contribution in [2.45, 2.75) is 18.9 Å². The predicted octanol–water partition coefficient (Wildman–Crippen LogP) is 0.661. The van der Waals surface area contributed by atoms with Gasteiger partial charge in [-0.05, 0) is 18.9 Å². The minimum absolute atomic E-state index is 0.0301. The van der Waals surface area contributed by atoms with Crippen molar-refractivity contribution in [2.24, 2.45) is 0 Å². The van der Waals surface area contributed by atoms with Gasteiger partial charge in [-0.2, -0.15) is 5.10 Å². The summed E-state index contributed by atoms with van der Waals surface area (Å²) in [5, 5.41) is 4.37. The van der Waals surface area contributed by atoms with Gasteiger partial charge in [0.15, 0.2) is 0 Å². The molecule has 88 valence electrons. The molecule has 1 aliphatic rings. The maximum absolute atomic E-state index is 11.7. The summed E-state index contributed by atoms with van der Waals surface area (Å²) in [6.45, 7) is 1.43. The highest BCUT2D eigenvalue weighted by atomic mass is 16.5. The van der Waals surface area contributed by atoms with Crippen LogP contribution in [0.5, 0.6) is 0 Å². The Labute approximate surface area is 94.6 Å². The van der Waals surface area contributed by atoms with E-state index in [9.17, 15) is 4.79 Å². The van der Waals surface area contributed by atoms with Gasteiger partial charge in [-0.25, -0.2) is 4.68 Å². The Morgan fingerprint density at radius 3 is 2.69 bits per heavy atom. The van der Waals surface area contributed by atoms with Crippen LogP contribution in [-0.4, -0.2) is 37.1 Å². The van der Waals surface area contributed by atoms with Gasteiger partial charge in [0, 0.05) is 33.4 Å². The summed E-state index contributed by atoms with van der Waals surface area (Å²) in [5.74, 6) is 0.811. The third kappa shape index (κ3) is 2.24. The lowest BCUT2D eigenvalue weighted by molar-refractivity contribution is 0.0649. The molecule has 16 heavy (non-hydrogen) atoms. The van der Waals surface area contributed by atoms with Gasteiger partial charge in [0.25, 0.3) is 5.56 Å². The van der Waals surface area contributed by atoms with E-state index >= 15 is 0 Å². The van der Waals surface area contributed by atoms with Gasteiger partial charge in [-0.1, -0.05) is 0 Å². The van der Waals surface area contributed by atoms with Crippen molar-refractivity contribution in [3.63, 3.8) is 0 Å². The molecule has 0 unspecified atom stereocenters. The van der Waals surface area contributed by atoms with Crippen molar-refractivity contribution in [1.29, 1.82) is 0 Å². The van der Waals surface area contributed by atoms with Crippen molar-refractivity contribution in [1.82, 2.24) is 9.78 Å². The lowest BCUT2D eigenvalue weighted by atomic mass is 10.1. The highest BCUT2D eigenvalue weighted by Crippen LogP contribution is 2.18. The molecule has 0 saturated carbocycles. The van der Waals surface area contributed by atoms with Crippen LogP contribution in [0.1, 0.15) is 18.9 Å². The van der Waals surface area contributed by atoms with E-state index in [2.05, 4.69) is 5.10 Å². The van der Waals surface area contributed by atoms with Crippen LogP contribution >= 0.6 is 0 Å². The van der Waals surface area contributed by atoms with E-state index in [1.165, 1.54) is 0 Å². The van der Waals surface area contributed by atoms with Crippen LogP contribution < -0.4 is 10.5 Å². The number of rotatable bonds is 2. The van der Waals surface area contributed by atoms with E-state index < -0.39 is 0 Å². The molecule has 1 aromatic heterocycles. The zero-order chi connectivity index (χ0) is 11.5. The quantitative estimate of drug-likeness (QED) is 0.739. The maximum Gasteiger partial charge on any atom is 0.267 e. The van der Waals surface area contributed by atoms with Crippen molar-refractivity contribution in [2.75, 3.05) is 32.2 Å². The van der Waals surface area contributed by atoms with Crippen LogP contribution in [0.15, 0.2) is 16.9 Å². The normalized spacial score (nSPS) is 17.4. The summed E-state index contributed by atoms with van der Waals surface area (Å²) in [5.41, 5.74) is -0.0301. The first-order chi connectivity index (χ1) is 7.68. The molecule has 1 fully saturated rings. The summed E-state index contributed by atoms with van der Waals surface area (Å²) in [6.07, 6.45) is 1.73. The number of aromatic nitrogens is 2. The van der Waals surface area contributed by atoms with Crippen molar-refractivity contribution < 1.29 is 4.74 Å². The zero-order valence-electron chi connectivity index (χ0n) is 9.72. The number of hydrogen-bond donors (Lipinski definition) is 0. The Balaban J connectivity index is 2.30. The Bertz CT molecular complexity index is 408. The first-order valence-electron chi connectivity index (χ1n) is 5.53. The molecule has 5 heteroatoms. The minimum Gasteiger partial charge on any atom is -0.381 e. The van der Waals surface area contributed by atoms with Crippen LogP contribution in [0.25, 0.3) is 0 Å². The fourth-order valence-electron chi connectivity index (χ4n) is 1.85.